The van der Waals surface area contributed by atoms with Gasteiger partial charge in [-0.1, -0.05) is 54.1 Å². The number of aliphatic carboxylic acids is 1. The smallest absolute Gasteiger partial charge is 0.416 e. The Morgan fingerprint density at radius 3 is 2.55 bits per heavy atom. The van der Waals surface area contributed by atoms with E-state index in [2.05, 4.69) is 10.1 Å². The SMILES string of the molecule is Cc1ccccc1-c1nc(N(CCCC2=CC=CC(OC(C)(C)C(=O)O)C2)Cc2ccc(C(F)(F)F)cc2)no1. The van der Waals surface area contributed by atoms with Gasteiger partial charge in [-0.2, -0.15) is 18.2 Å². The average Bonchev–Trinajstić information content (AvgIpc) is 3.38. The molecule has 1 heterocycles. The topological polar surface area (TPSA) is 88.7 Å². The fourth-order valence-electron chi connectivity index (χ4n) is 4.44. The number of rotatable bonds is 11. The van der Waals surface area contributed by atoms with Crippen LogP contribution in [0.5, 0.6) is 0 Å². The number of carbonyl (C=O) groups is 1. The van der Waals surface area contributed by atoms with Gasteiger partial charge in [-0.25, -0.2) is 4.79 Å². The Balaban J connectivity index is 1.46. The molecule has 0 radical (unpaired) electrons. The first-order valence-corrected chi connectivity index (χ1v) is 13.0. The summed E-state index contributed by atoms with van der Waals surface area (Å²) in [5.41, 5.74) is 1.57. The van der Waals surface area contributed by atoms with E-state index >= 15 is 0 Å². The van der Waals surface area contributed by atoms with Gasteiger partial charge in [-0.05, 0) is 74.5 Å². The normalized spacial score (nSPS) is 15.7. The van der Waals surface area contributed by atoms with E-state index in [1.54, 1.807) is 0 Å². The predicted molar refractivity (Wildman–Crippen MR) is 145 cm³/mol. The summed E-state index contributed by atoms with van der Waals surface area (Å²) in [6, 6.07) is 12.7. The molecule has 0 fully saturated rings. The summed E-state index contributed by atoms with van der Waals surface area (Å²) >= 11 is 0. The highest BCUT2D eigenvalue weighted by molar-refractivity contribution is 5.76. The van der Waals surface area contributed by atoms with E-state index in [9.17, 15) is 23.1 Å². The molecule has 10 heteroatoms. The molecule has 212 valence electrons. The molecule has 2 aromatic carbocycles. The Morgan fingerprint density at radius 1 is 1.15 bits per heavy atom. The molecule has 0 spiro atoms. The van der Waals surface area contributed by atoms with Crippen LogP contribution in [0.2, 0.25) is 0 Å². The maximum absolute atomic E-state index is 13.1. The van der Waals surface area contributed by atoms with Crippen molar-refractivity contribution < 1.29 is 32.3 Å². The Bertz CT molecular complexity index is 1380. The standard InChI is InChI=1S/C30H32F3N3O4/c1-20-8-4-5-12-25(20)26-34-28(35-40-26)36(19-22-13-15-23(16-14-22)30(31,32)33)17-7-10-21-9-6-11-24(18-21)39-29(2,3)27(37)38/h4-6,8-9,11-16,24H,7,10,17-19H2,1-3H3,(H,37,38). The van der Waals surface area contributed by atoms with Gasteiger partial charge >= 0.3 is 12.1 Å². The van der Waals surface area contributed by atoms with Gasteiger partial charge in [0.2, 0.25) is 0 Å². The van der Waals surface area contributed by atoms with E-state index < -0.39 is 23.3 Å². The molecule has 1 aliphatic carbocycles. The number of carboxylic acids is 1. The van der Waals surface area contributed by atoms with Crippen LogP contribution in [0.25, 0.3) is 11.5 Å². The molecule has 1 atom stereocenters. The molecule has 7 nitrogen and oxygen atoms in total. The van der Waals surface area contributed by atoms with Crippen molar-refractivity contribution in [2.45, 2.75) is 64.5 Å². The monoisotopic (exact) mass is 555 g/mol. The van der Waals surface area contributed by atoms with Crippen molar-refractivity contribution in [1.82, 2.24) is 10.1 Å². The molecule has 1 aliphatic rings. The minimum absolute atomic E-state index is 0.294. The van der Waals surface area contributed by atoms with Crippen LogP contribution in [-0.2, 0) is 22.3 Å². The summed E-state index contributed by atoms with van der Waals surface area (Å²) in [5.74, 6) is -0.312. The molecule has 0 saturated carbocycles. The summed E-state index contributed by atoms with van der Waals surface area (Å²) in [4.78, 5) is 17.9. The lowest BCUT2D eigenvalue weighted by Gasteiger charge is -2.28. The molecular weight excluding hydrogens is 523 g/mol. The number of aromatic nitrogens is 2. The molecule has 0 amide bonds. The van der Waals surface area contributed by atoms with Crippen LogP contribution >= 0.6 is 0 Å². The third-order valence-corrected chi connectivity index (χ3v) is 6.74. The Hall–Kier alpha value is -3.92. The van der Waals surface area contributed by atoms with E-state index in [0.29, 0.717) is 49.8 Å². The summed E-state index contributed by atoms with van der Waals surface area (Å²) in [7, 11) is 0. The molecule has 1 unspecified atom stereocenters. The van der Waals surface area contributed by atoms with E-state index in [1.807, 2.05) is 54.3 Å². The van der Waals surface area contributed by atoms with Crippen molar-refractivity contribution in [3.8, 4) is 11.5 Å². The van der Waals surface area contributed by atoms with Crippen molar-refractivity contribution in [3.05, 3.63) is 89.0 Å². The summed E-state index contributed by atoms with van der Waals surface area (Å²) in [6.07, 6.45) is 2.95. The second-order valence-electron chi connectivity index (χ2n) is 10.3. The number of alkyl halides is 3. The lowest BCUT2D eigenvalue weighted by Crippen LogP contribution is -2.38. The highest BCUT2D eigenvalue weighted by atomic mass is 19.4. The van der Waals surface area contributed by atoms with Gasteiger partial charge in [0.25, 0.3) is 11.8 Å². The van der Waals surface area contributed by atoms with Crippen LogP contribution in [0.15, 0.2) is 76.9 Å². The first-order chi connectivity index (χ1) is 18.9. The maximum Gasteiger partial charge on any atom is 0.416 e. The minimum atomic E-state index is -4.41. The predicted octanol–water partition coefficient (Wildman–Crippen LogP) is 6.99. The van der Waals surface area contributed by atoms with Gasteiger partial charge in [0, 0.05) is 18.7 Å². The van der Waals surface area contributed by atoms with E-state index in [4.69, 9.17) is 9.26 Å². The zero-order valence-corrected chi connectivity index (χ0v) is 22.6. The molecule has 1 aromatic heterocycles. The number of benzene rings is 2. The van der Waals surface area contributed by atoms with E-state index in [0.717, 1.165) is 28.8 Å². The number of hydrogen-bond acceptors (Lipinski definition) is 6. The molecule has 0 aliphatic heterocycles. The first kappa shape index (κ1) is 29.1. The largest absolute Gasteiger partial charge is 0.479 e. The highest BCUT2D eigenvalue weighted by Gasteiger charge is 2.32. The zero-order valence-electron chi connectivity index (χ0n) is 22.6. The van der Waals surface area contributed by atoms with Gasteiger partial charge in [-0.15, -0.1) is 0 Å². The summed E-state index contributed by atoms with van der Waals surface area (Å²) < 4.78 is 50.5. The van der Waals surface area contributed by atoms with Crippen molar-refractivity contribution >= 4 is 11.9 Å². The fraction of sp³-hybridized carbons (Fsp3) is 0.367. The molecule has 0 saturated heterocycles. The molecule has 4 rings (SSSR count). The fourth-order valence-corrected chi connectivity index (χ4v) is 4.44. The van der Waals surface area contributed by atoms with Crippen LogP contribution in [0.1, 0.15) is 49.8 Å². The van der Waals surface area contributed by atoms with Crippen LogP contribution in [-0.4, -0.2) is 39.5 Å². The Labute approximate surface area is 231 Å². The quantitative estimate of drug-likeness (QED) is 0.273. The summed E-state index contributed by atoms with van der Waals surface area (Å²) in [6.45, 7) is 5.80. The van der Waals surface area contributed by atoms with Gasteiger partial charge < -0.3 is 19.3 Å². The number of aryl methyl sites for hydroxylation is 1. The van der Waals surface area contributed by atoms with Crippen LogP contribution in [0.4, 0.5) is 19.1 Å². The van der Waals surface area contributed by atoms with Crippen molar-refractivity contribution in [2.24, 2.45) is 0 Å². The minimum Gasteiger partial charge on any atom is -0.479 e. The molecule has 40 heavy (non-hydrogen) atoms. The first-order valence-electron chi connectivity index (χ1n) is 13.0. The number of carboxylic acid groups (broad SMARTS) is 1. The number of nitrogens with zero attached hydrogens (tertiary/aromatic N) is 3. The van der Waals surface area contributed by atoms with E-state index in [-0.39, 0.29) is 6.10 Å². The Kier molecular flexibility index (Phi) is 8.78. The summed E-state index contributed by atoms with van der Waals surface area (Å²) in [5, 5.41) is 13.5. The van der Waals surface area contributed by atoms with Crippen molar-refractivity contribution in [1.29, 1.82) is 0 Å². The highest BCUT2D eigenvalue weighted by Crippen LogP contribution is 2.30. The van der Waals surface area contributed by atoms with Crippen LogP contribution in [0, 0.1) is 6.92 Å². The lowest BCUT2D eigenvalue weighted by molar-refractivity contribution is -0.165. The third kappa shape index (κ3) is 7.38. The van der Waals surface area contributed by atoms with Crippen LogP contribution < -0.4 is 4.90 Å². The van der Waals surface area contributed by atoms with Gasteiger partial charge in [0.05, 0.1) is 11.7 Å². The van der Waals surface area contributed by atoms with Crippen molar-refractivity contribution in [3.63, 3.8) is 0 Å². The maximum atomic E-state index is 13.1. The zero-order chi connectivity index (χ0) is 28.9. The van der Waals surface area contributed by atoms with Gasteiger partial charge in [0.15, 0.2) is 5.60 Å². The lowest BCUT2D eigenvalue weighted by atomic mass is 9.97. The molecular formula is C30H32F3N3O4. The van der Waals surface area contributed by atoms with E-state index in [1.165, 1.54) is 26.0 Å². The second kappa shape index (κ2) is 12.1. The number of allylic oxidation sites excluding steroid dienone is 2. The second-order valence-corrected chi connectivity index (χ2v) is 10.3. The molecule has 3 aromatic rings. The van der Waals surface area contributed by atoms with Crippen molar-refractivity contribution in [2.75, 3.05) is 11.4 Å². The average molecular weight is 556 g/mol. The van der Waals surface area contributed by atoms with Gasteiger partial charge in [-0.3, -0.25) is 0 Å². The number of hydrogen-bond donors (Lipinski definition) is 1. The number of anilines is 1. The van der Waals surface area contributed by atoms with Gasteiger partial charge in [0.1, 0.15) is 0 Å². The molecule has 1 N–H and O–H groups in total. The number of ether oxygens (including phenoxy) is 1. The number of halogens is 3. The molecule has 0 bridgehead atoms. The Morgan fingerprint density at radius 2 is 1.88 bits per heavy atom. The third-order valence-electron chi connectivity index (χ3n) is 6.74. The van der Waals surface area contributed by atoms with Crippen LogP contribution in [0.3, 0.4) is 0 Å².